The number of hydrogen-bond acceptors (Lipinski definition) is 4. The number of aromatic nitrogens is 3. The number of amides is 1. The van der Waals surface area contributed by atoms with Crippen LogP contribution in [0.1, 0.15) is 23.1 Å². The Morgan fingerprint density at radius 1 is 1.45 bits per heavy atom. The fraction of sp³-hybridized carbons (Fsp3) is 0.400. The molecule has 1 saturated heterocycles. The van der Waals surface area contributed by atoms with Gasteiger partial charge in [-0.2, -0.15) is 0 Å². The van der Waals surface area contributed by atoms with E-state index in [1.54, 1.807) is 4.68 Å². The highest BCUT2D eigenvalue weighted by Crippen LogP contribution is 2.18. The first-order valence-electron chi connectivity index (χ1n) is 7.28. The van der Waals surface area contributed by atoms with Gasteiger partial charge >= 0.3 is 0 Å². The first-order chi connectivity index (χ1) is 10.6. The molecule has 0 saturated carbocycles. The minimum absolute atomic E-state index is 0.0484. The molecular formula is C15H18BrN5O. The summed E-state index contributed by atoms with van der Waals surface area (Å²) in [5.74, 6) is -0.0484. The molecule has 1 amide bonds. The third-order valence-corrected chi connectivity index (χ3v) is 4.41. The fourth-order valence-electron chi connectivity index (χ4n) is 2.66. The zero-order valence-corrected chi connectivity index (χ0v) is 14.2. The molecule has 1 atom stereocenters. The Hall–Kier alpha value is -1.73. The van der Waals surface area contributed by atoms with Gasteiger partial charge in [0, 0.05) is 30.1 Å². The molecule has 1 aliphatic heterocycles. The smallest absolute Gasteiger partial charge is 0.276 e. The third kappa shape index (κ3) is 2.78. The van der Waals surface area contributed by atoms with Crippen LogP contribution in [-0.2, 0) is 0 Å². The van der Waals surface area contributed by atoms with Crippen molar-refractivity contribution in [3.63, 3.8) is 0 Å². The van der Waals surface area contributed by atoms with Crippen molar-refractivity contribution in [2.45, 2.75) is 19.9 Å². The van der Waals surface area contributed by atoms with E-state index < -0.39 is 0 Å². The molecule has 1 aromatic heterocycles. The third-order valence-electron chi connectivity index (χ3n) is 3.91. The zero-order chi connectivity index (χ0) is 15.7. The molecule has 2 aromatic rings. The Kier molecular flexibility index (Phi) is 4.26. The average molecular weight is 364 g/mol. The van der Waals surface area contributed by atoms with Gasteiger partial charge in [-0.05, 0) is 32.0 Å². The second kappa shape index (κ2) is 6.18. The number of nitrogens with one attached hydrogen (secondary N) is 1. The summed E-state index contributed by atoms with van der Waals surface area (Å²) in [7, 11) is 0. The summed E-state index contributed by atoms with van der Waals surface area (Å²) >= 11 is 3.45. The highest BCUT2D eigenvalue weighted by molar-refractivity contribution is 9.10. The Morgan fingerprint density at radius 3 is 3.00 bits per heavy atom. The van der Waals surface area contributed by atoms with Crippen LogP contribution < -0.4 is 5.32 Å². The number of carbonyl (C=O) groups is 1. The molecule has 0 radical (unpaired) electrons. The van der Waals surface area contributed by atoms with Crippen molar-refractivity contribution >= 4 is 21.8 Å². The van der Waals surface area contributed by atoms with E-state index in [2.05, 4.69) is 31.6 Å². The van der Waals surface area contributed by atoms with Gasteiger partial charge in [0.1, 0.15) is 0 Å². The second-order valence-corrected chi connectivity index (χ2v) is 6.38. The Morgan fingerprint density at radius 2 is 2.27 bits per heavy atom. The monoisotopic (exact) mass is 363 g/mol. The van der Waals surface area contributed by atoms with Crippen molar-refractivity contribution in [1.29, 1.82) is 0 Å². The predicted octanol–water partition coefficient (Wildman–Crippen LogP) is 1.77. The van der Waals surface area contributed by atoms with Gasteiger partial charge in [0.25, 0.3) is 5.91 Å². The summed E-state index contributed by atoms with van der Waals surface area (Å²) in [6.45, 7) is 6.24. The van der Waals surface area contributed by atoms with Crippen molar-refractivity contribution in [2.24, 2.45) is 0 Å². The van der Waals surface area contributed by atoms with Gasteiger partial charge in [0.15, 0.2) is 5.69 Å². The van der Waals surface area contributed by atoms with Gasteiger partial charge < -0.3 is 10.2 Å². The van der Waals surface area contributed by atoms with E-state index >= 15 is 0 Å². The van der Waals surface area contributed by atoms with Crippen molar-refractivity contribution < 1.29 is 4.79 Å². The molecule has 6 nitrogen and oxygen atoms in total. The molecular weight excluding hydrogens is 346 g/mol. The first kappa shape index (κ1) is 15.2. The lowest BCUT2D eigenvalue weighted by molar-refractivity contribution is 0.0649. The predicted molar refractivity (Wildman–Crippen MR) is 87.2 cm³/mol. The van der Waals surface area contributed by atoms with E-state index in [1.165, 1.54) is 0 Å². The average Bonchev–Trinajstić information content (AvgIpc) is 2.89. The molecule has 2 heterocycles. The van der Waals surface area contributed by atoms with Crippen LogP contribution in [0.2, 0.25) is 0 Å². The van der Waals surface area contributed by atoms with Gasteiger partial charge in [-0.15, -0.1) is 5.10 Å². The number of halogens is 1. The van der Waals surface area contributed by atoms with Gasteiger partial charge in [-0.25, -0.2) is 4.68 Å². The molecule has 1 aromatic carbocycles. The highest BCUT2D eigenvalue weighted by atomic mass is 79.9. The van der Waals surface area contributed by atoms with Gasteiger partial charge in [-0.1, -0.05) is 27.2 Å². The molecule has 0 unspecified atom stereocenters. The maximum Gasteiger partial charge on any atom is 0.276 e. The van der Waals surface area contributed by atoms with Crippen LogP contribution in [-0.4, -0.2) is 51.5 Å². The van der Waals surface area contributed by atoms with Crippen LogP contribution in [0.25, 0.3) is 5.69 Å². The zero-order valence-electron chi connectivity index (χ0n) is 12.6. The van der Waals surface area contributed by atoms with E-state index in [9.17, 15) is 4.79 Å². The van der Waals surface area contributed by atoms with E-state index in [0.29, 0.717) is 12.2 Å². The number of rotatable bonds is 2. The van der Waals surface area contributed by atoms with Crippen molar-refractivity contribution in [3.8, 4) is 5.69 Å². The fourth-order valence-corrected chi connectivity index (χ4v) is 3.05. The van der Waals surface area contributed by atoms with Crippen LogP contribution in [0.5, 0.6) is 0 Å². The minimum Gasteiger partial charge on any atom is -0.332 e. The topological polar surface area (TPSA) is 63.1 Å². The molecule has 0 spiro atoms. The largest absolute Gasteiger partial charge is 0.332 e. The first-order valence-corrected chi connectivity index (χ1v) is 8.07. The molecule has 22 heavy (non-hydrogen) atoms. The summed E-state index contributed by atoms with van der Waals surface area (Å²) in [5, 5.41) is 11.6. The summed E-state index contributed by atoms with van der Waals surface area (Å²) in [4.78, 5) is 14.6. The van der Waals surface area contributed by atoms with Crippen LogP contribution in [0, 0.1) is 6.92 Å². The van der Waals surface area contributed by atoms with Crippen LogP contribution in [0.3, 0.4) is 0 Å². The molecule has 1 aliphatic rings. The number of nitrogens with zero attached hydrogens (tertiary/aromatic N) is 4. The van der Waals surface area contributed by atoms with Crippen molar-refractivity contribution in [1.82, 2.24) is 25.2 Å². The number of piperazine rings is 1. The maximum absolute atomic E-state index is 12.7. The van der Waals surface area contributed by atoms with E-state index in [0.717, 1.165) is 28.9 Å². The molecule has 3 rings (SSSR count). The molecule has 116 valence electrons. The number of carbonyl (C=O) groups excluding carboxylic acids is 1. The summed E-state index contributed by atoms with van der Waals surface area (Å²) in [6, 6.07) is 7.93. The Balaban J connectivity index is 1.91. The molecule has 1 fully saturated rings. The normalized spacial score (nSPS) is 18.5. The lowest BCUT2D eigenvalue weighted by Crippen LogP contribution is -2.52. The van der Waals surface area contributed by atoms with Gasteiger partial charge in [0.2, 0.25) is 0 Å². The molecule has 1 N–H and O–H groups in total. The van der Waals surface area contributed by atoms with Crippen LogP contribution >= 0.6 is 15.9 Å². The van der Waals surface area contributed by atoms with E-state index in [-0.39, 0.29) is 11.9 Å². The quantitative estimate of drug-likeness (QED) is 0.882. The second-order valence-electron chi connectivity index (χ2n) is 5.47. The Labute approximate surface area is 137 Å². The van der Waals surface area contributed by atoms with E-state index in [4.69, 9.17) is 0 Å². The lowest BCUT2D eigenvalue weighted by atomic mass is 10.2. The molecule has 0 aliphatic carbocycles. The minimum atomic E-state index is -0.0484. The van der Waals surface area contributed by atoms with Crippen molar-refractivity contribution in [2.75, 3.05) is 19.6 Å². The lowest BCUT2D eigenvalue weighted by Gasteiger charge is -2.33. The van der Waals surface area contributed by atoms with Crippen molar-refractivity contribution in [3.05, 3.63) is 40.1 Å². The summed E-state index contributed by atoms with van der Waals surface area (Å²) < 4.78 is 2.66. The standard InChI is InChI=1S/C15H18BrN5O/c1-10-9-17-6-7-20(10)15(22)14-11(2)21(19-18-14)13-5-3-4-12(16)8-13/h3-5,8,10,17H,6-7,9H2,1-2H3/t10-/m0/s1. The van der Waals surface area contributed by atoms with Crippen LogP contribution in [0.4, 0.5) is 0 Å². The van der Waals surface area contributed by atoms with Crippen LogP contribution in [0.15, 0.2) is 28.7 Å². The van der Waals surface area contributed by atoms with E-state index in [1.807, 2.05) is 43.0 Å². The summed E-state index contributed by atoms with van der Waals surface area (Å²) in [5.41, 5.74) is 2.06. The highest BCUT2D eigenvalue weighted by Gasteiger charge is 2.28. The number of hydrogen-bond donors (Lipinski definition) is 1. The molecule has 0 bridgehead atoms. The van der Waals surface area contributed by atoms with Gasteiger partial charge in [-0.3, -0.25) is 4.79 Å². The summed E-state index contributed by atoms with van der Waals surface area (Å²) in [6.07, 6.45) is 0. The maximum atomic E-state index is 12.7. The van der Waals surface area contributed by atoms with Gasteiger partial charge in [0.05, 0.1) is 11.4 Å². The number of benzene rings is 1. The Bertz CT molecular complexity index is 699. The SMILES string of the molecule is Cc1c(C(=O)N2CCNC[C@@H]2C)nnn1-c1cccc(Br)c1. The molecule has 7 heteroatoms.